The van der Waals surface area contributed by atoms with Crippen molar-refractivity contribution < 1.29 is 9.90 Å². The third-order valence-corrected chi connectivity index (χ3v) is 4.99. The van der Waals surface area contributed by atoms with Crippen LogP contribution in [0.5, 0.6) is 0 Å². The zero-order valence-electron chi connectivity index (χ0n) is 15.2. The average Bonchev–Trinajstić information content (AvgIpc) is 3.22. The molecule has 1 aromatic heterocycles. The summed E-state index contributed by atoms with van der Waals surface area (Å²) in [6, 6.07) is 15.7. The smallest absolute Gasteiger partial charge is 0.253 e. The topological polar surface area (TPSA) is 71.2 Å². The van der Waals surface area contributed by atoms with Gasteiger partial charge in [-0.15, -0.1) is 10.2 Å². The van der Waals surface area contributed by atoms with Gasteiger partial charge in [0.2, 0.25) is 0 Å². The highest BCUT2D eigenvalue weighted by Crippen LogP contribution is 2.25. The van der Waals surface area contributed by atoms with Crippen molar-refractivity contribution in [2.45, 2.75) is 25.4 Å². The number of hydrogen-bond acceptors (Lipinski definition) is 4. The van der Waals surface area contributed by atoms with Crippen LogP contribution in [0.1, 0.15) is 30.1 Å². The minimum absolute atomic E-state index is 0.0280. The molecule has 27 heavy (non-hydrogen) atoms. The molecule has 1 amide bonds. The van der Waals surface area contributed by atoms with E-state index in [4.69, 9.17) is 0 Å². The van der Waals surface area contributed by atoms with Crippen molar-refractivity contribution in [2.75, 3.05) is 13.1 Å². The summed E-state index contributed by atoms with van der Waals surface area (Å²) in [6.07, 6.45) is 4.88. The van der Waals surface area contributed by atoms with Crippen molar-refractivity contribution in [1.82, 2.24) is 19.7 Å². The minimum Gasteiger partial charge on any atom is -0.388 e. The molecule has 0 radical (unpaired) electrons. The summed E-state index contributed by atoms with van der Waals surface area (Å²) in [5.41, 5.74) is 2.92. The van der Waals surface area contributed by atoms with Crippen LogP contribution in [-0.4, -0.2) is 49.4 Å². The van der Waals surface area contributed by atoms with Crippen molar-refractivity contribution in [3.8, 4) is 16.8 Å². The summed E-state index contributed by atoms with van der Waals surface area (Å²) < 4.78 is 1.85. The highest BCUT2D eigenvalue weighted by Gasteiger charge is 2.31. The minimum atomic E-state index is -0.795. The van der Waals surface area contributed by atoms with Gasteiger partial charge in [0.05, 0.1) is 5.60 Å². The van der Waals surface area contributed by atoms with Gasteiger partial charge in [0, 0.05) is 24.3 Å². The maximum atomic E-state index is 12.7. The molecule has 2 aromatic carbocycles. The van der Waals surface area contributed by atoms with E-state index in [0.717, 1.165) is 29.7 Å². The van der Waals surface area contributed by atoms with Crippen LogP contribution in [0.25, 0.3) is 16.8 Å². The number of benzene rings is 2. The largest absolute Gasteiger partial charge is 0.388 e. The van der Waals surface area contributed by atoms with Crippen LogP contribution in [0.15, 0.2) is 61.2 Å². The van der Waals surface area contributed by atoms with Crippen LogP contribution >= 0.6 is 0 Å². The molecule has 1 saturated heterocycles. The van der Waals surface area contributed by atoms with Gasteiger partial charge < -0.3 is 10.0 Å². The molecule has 0 saturated carbocycles. The standard InChI is InChI=1S/C21H22N4O2/c1-21(27)10-3-11-24(13-21)20(26)17-8-6-16(7-9-17)18-4-2-5-19(12-18)25-14-22-23-15-25/h2,4-9,12,14-15,27H,3,10-11,13H2,1H3. The molecule has 0 bridgehead atoms. The first-order chi connectivity index (χ1) is 13.0. The van der Waals surface area contributed by atoms with Crippen LogP contribution in [-0.2, 0) is 0 Å². The van der Waals surface area contributed by atoms with E-state index < -0.39 is 5.60 Å². The number of amides is 1. The Bertz CT molecular complexity index is 933. The molecule has 1 fully saturated rings. The van der Waals surface area contributed by atoms with E-state index >= 15 is 0 Å². The maximum Gasteiger partial charge on any atom is 0.253 e. The van der Waals surface area contributed by atoms with E-state index in [9.17, 15) is 9.90 Å². The summed E-state index contributed by atoms with van der Waals surface area (Å²) in [6.45, 7) is 2.87. The Labute approximate surface area is 158 Å². The van der Waals surface area contributed by atoms with Crippen molar-refractivity contribution >= 4 is 5.91 Å². The summed E-state index contributed by atoms with van der Waals surface area (Å²) in [5.74, 6) is -0.0280. The Hall–Kier alpha value is -2.99. The number of likely N-dealkylation sites (tertiary alicyclic amines) is 1. The van der Waals surface area contributed by atoms with Gasteiger partial charge in [-0.05, 0) is 55.2 Å². The lowest BCUT2D eigenvalue weighted by Crippen LogP contribution is -2.48. The predicted molar refractivity (Wildman–Crippen MR) is 103 cm³/mol. The zero-order chi connectivity index (χ0) is 18.9. The predicted octanol–water partition coefficient (Wildman–Crippen LogP) is 2.92. The molecule has 3 aromatic rings. The molecule has 1 aliphatic rings. The SMILES string of the molecule is CC1(O)CCCN(C(=O)c2ccc(-c3cccc(-n4cnnc4)c3)cc2)C1. The second kappa shape index (κ2) is 6.96. The molecule has 6 nitrogen and oxygen atoms in total. The molecule has 4 rings (SSSR count). The van der Waals surface area contributed by atoms with Gasteiger partial charge >= 0.3 is 0 Å². The number of piperidine rings is 1. The third-order valence-electron chi connectivity index (χ3n) is 4.99. The number of carbonyl (C=O) groups is 1. The number of aliphatic hydroxyl groups is 1. The average molecular weight is 362 g/mol. The van der Waals surface area contributed by atoms with E-state index in [1.54, 1.807) is 24.5 Å². The van der Waals surface area contributed by atoms with Crippen molar-refractivity contribution in [3.05, 3.63) is 66.7 Å². The first-order valence-electron chi connectivity index (χ1n) is 9.09. The quantitative estimate of drug-likeness (QED) is 0.778. The van der Waals surface area contributed by atoms with Gasteiger partial charge in [-0.1, -0.05) is 24.3 Å². The molecule has 0 spiro atoms. The molecule has 0 aliphatic carbocycles. The Morgan fingerprint density at radius 1 is 1.07 bits per heavy atom. The Morgan fingerprint density at radius 3 is 2.52 bits per heavy atom. The fraction of sp³-hybridized carbons (Fsp3) is 0.286. The van der Waals surface area contributed by atoms with Crippen LogP contribution in [0.4, 0.5) is 0 Å². The molecule has 138 valence electrons. The normalized spacial score (nSPS) is 19.9. The monoisotopic (exact) mass is 362 g/mol. The van der Waals surface area contributed by atoms with Crippen LogP contribution in [0.3, 0.4) is 0 Å². The summed E-state index contributed by atoms with van der Waals surface area (Å²) in [4.78, 5) is 14.5. The Balaban J connectivity index is 1.54. The van der Waals surface area contributed by atoms with Gasteiger partial charge in [-0.2, -0.15) is 0 Å². The summed E-state index contributed by atoms with van der Waals surface area (Å²) in [7, 11) is 0. The lowest BCUT2D eigenvalue weighted by Gasteiger charge is -2.36. The maximum absolute atomic E-state index is 12.7. The van der Waals surface area contributed by atoms with E-state index in [-0.39, 0.29) is 5.91 Å². The fourth-order valence-electron chi connectivity index (χ4n) is 3.56. The lowest BCUT2D eigenvalue weighted by atomic mass is 9.94. The van der Waals surface area contributed by atoms with Gasteiger partial charge in [0.1, 0.15) is 12.7 Å². The number of carbonyl (C=O) groups excluding carboxylic acids is 1. The third kappa shape index (κ3) is 3.75. The second-order valence-corrected chi connectivity index (χ2v) is 7.32. The summed E-state index contributed by atoms with van der Waals surface area (Å²) >= 11 is 0. The molecule has 1 unspecified atom stereocenters. The number of aromatic nitrogens is 3. The first kappa shape index (κ1) is 17.4. The van der Waals surface area contributed by atoms with Crippen LogP contribution in [0, 0.1) is 0 Å². The second-order valence-electron chi connectivity index (χ2n) is 7.32. The van der Waals surface area contributed by atoms with Gasteiger partial charge in [0.25, 0.3) is 5.91 Å². The molecular formula is C21H22N4O2. The van der Waals surface area contributed by atoms with Crippen molar-refractivity contribution in [2.24, 2.45) is 0 Å². The van der Waals surface area contributed by atoms with Crippen LogP contribution in [0.2, 0.25) is 0 Å². The molecule has 6 heteroatoms. The van der Waals surface area contributed by atoms with E-state index in [1.165, 1.54) is 0 Å². The molecule has 2 heterocycles. The van der Waals surface area contributed by atoms with Crippen molar-refractivity contribution in [1.29, 1.82) is 0 Å². The van der Waals surface area contributed by atoms with Crippen LogP contribution < -0.4 is 0 Å². The molecule has 1 aliphatic heterocycles. The molecule has 1 N–H and O–H groups in total. The highest BCUT2D eigenvalue weighted by molar-refractivity contribution is 5.94. The number of hydrogen-bond donors (Lipinski definition) is 1. The van der Waals surface area contributed by atoms with Gasteiger partial charge in [0.15, 0.2) is 0 Å². The van der Waals surface area contributed by atoms with E-state index in [0.29, 0.717) is 18.7 Å². The van der Waals surface area contributed by atoms with Crippen molar-refractivity contribution in [3.63, 3.8) is 0 Å². The molecule has 1 atom stereocenters. The number of nitrogens with zero attached hydrogens (tertiary/aromatic N) is 4. The van der Waals surface area contributed by atoms with E-state index in [1.807, 2.05) is 47.0 Å². The first-order valence-corrected chi connectivity index (χ1v) is 9.09. The lowest BCUT2D eigenvalue weighted by molar-refractivity contribution is -0.0107. The van der Waals surface area contributed by atoms with E-state index in [2.05, 4.69) is 16.3 Å². The van der Waals surface area contributed by atoms with Gasteiger partial charge in [-0.25, -0.2) is 0 Å². The molecular weight excluding hydrogens is 340 g/mol. The van der Waals surface area contributed by atoms with Gasteiger partial charge in [-0.3, -0.25) is 9.36 Å². The summed E-state index contributed by atoms with van der Waals surface area (Å²) in [5, 5.41) is 17.9. The zero-order valence-corrected chi connectivity index (χ0v) is 15.2. The Morgan fingerprint density at radius 2 is 1.81 bits per heavy atom. The number of β-amino-alcohol motifs (C(OH)–C–C–N with tert-alkyl or cyclic N) is 1. The highest BCUT2D eigenvalue weighted by atomic mass is 16.3. The fourth-order valence-corrected chi connectivity index (χ4v) is 3.56. The number of rotatable bonds is 3. The Kier molecular flexibility index (Phi) is 4.49.